The van der Waals surface area contributed by atoms with E-state index < -0.39 is 23.7 Å². The van der Waals surface area contributed by atoms with E-state index >= 15 is 0 Å². The summed E-state index contributed by atoms with van der Waals surface area (Å²) in [7, 11) is 2.84. The van der Waals surface area contributed by atoms with E-state index in [-0.39, 0.29) is 11.3 Å². The monoisotopic (exact) mass is 494 g/mol. The number of hydrogen-bond donors (Lipinski definition) is 1. The second kappa shape index (κ2) is 11.4. The van der Waals surface area contributed by atoms with E-state index in [4.69, 9.17) is 14.2 Å². The van der Waals surface area contributed by atoms with E-state index in [1.165, 1.54) is 19.1 Å². The number of ether oxygens (including phenoxy) is 3. The number of carbonyl (C=O) groups excluding carboxylic acids is 3. The molecule has 2 heterocycles. The van der Waals surface area contributed by atoms with Crippen LogP contribution in [0, 0.1) is 0 Å². The fourth-order valence-corrected chi connectivity index (χ4v) is 4.57. The molecule has 1 amide bonds. The van der Waals surface area contributed by atoms with Crippen molar-refractivity contribution in [3.63, 3.8) is 0 Å². The van der Waals surface area contributed by atoms with Gasteiger partial charge in [0.25, 0.3) is 11.7 Å². The number of aliphatic hydroxyl groups excluding tert-OH is 1. The molecule has 0 bridgehead atoms. The van der Waals surface area contributed by atoms with Crippen LogP contribution in [0.2, 0.25) is 0 Å². The molecule has 1 N–H and O–H groups in total. The van der Waals surface area contributed by atoms with Gasteiger partial charge in [-0.1, -0.05) is 12.1 Å². The lowest BCUT2D eigenvalue weighted by Crippen LogP contribution is -2.39. The number of rotatable bonds is 8. The molecule has 2 aromatic rings. The molecule has 2 aromatic carbocycles. The molecule has 0 radical (unpaired) electrons. The van der Waals surface area contributed by atoms with Crippen molar-refractivity contribution in [1.29, 1.82) is 0 Å². The van der Waals surface area contributed by atoms with Crippen LogP contribution in [0.5, 0.6) is 5.75 Å². The van der Waals surface area contributed by atoms with E-state index in [9.17, 15) is 19.5 Å². The van der Waals surface area contributed by atoms with E-state index in [1.54, 1.807) is 48.5 Å². The maximum Gasteiger partial charge on any atom is 0.337 e. The molecule has 0 aromatic heterocycles. The standard InChI is InChI=1S/C27H30N2O7/c1-34-21-10-8-19(9-11-21)24(30)22-23(18-4-6-20(7-5-18)27(33)35-2)29(26(32)25(22)31)13-3-12-28-14-16-36-17-15-28/h4-11,23,30H,3,12-17H2,1-2H3/b24-22+. The number of carbonyl (C=O) groups is 3. The normalized spacial score (nSPS) is 19.9. The van der Waals surface area contributed by atoms with Gasteiger partial charge in [-0.25, -0.2) is 4.79 Å². The van der Waals surface area contributed by atoms with Crippen LogP contribution in [0.25, 0.3) is 5.76 Å². The highest BCUT2D eigenvalue weighted by Crippen LogP contribution is 2.39. The van der Waals surface area contributed by atoms with Crippen molar-refractivity contribution in [3.8, 4) is 5.75 Å². The van der Waals surface area contributed by atoms with Gasteiger partial charge in [-0.3, -0.25) is 14.5 Å². The fourth-order valence-electron chi connectivity index (χ4n) is 4.57. The minimum absolute atomic E-state index is 0.0161. The molecular weight excluding hydrogens is 464 g/mol. The number of amides is 1. The first kappa shape index (κ1) is 25.4. The average Bonchev–Trinajstić information content (AvgIpc) is 3.18. The Morgan fingerprint density at radius 2 is 1.61 bits per heavy atom. The Balaban J connectivity index is 1.68. The highest BCUT2D eigenvalue weighted by molar-refractivity contribution is 6.46. The lowest BCUT2D eigenvalue weighted by Gasteiger charge is -2.29. The topological polar surface area (TPSA) is 106 Å². The molecule has 2 aliphatic rings. The Morgan fingerprint density at radius 3 is 2.22 bits per heavy atom. The summed E-state index contributed by atoms with van der Waals surface area (Å²) in [6, 6.07) is 12.4. The van der Waals surface area contributed by atoms with E-state index in [0.717, 1.165) is 19.6 Å². The van der Waals surface area contributed by atoms with Gasteiger partial charge in [-0.05, 0) is 48.4 Å². The zero-order valence-corrected chi connectivity index (χ0v) is 20.4. The molecular formula is C27H30N2O7. The van der Waals surface area contributed by atoms with Gasteiger partial charge in [0.15, 0.2) is 0 Å². The number of hydrogen-bond acceptors (Lipinski definition) is 8. The number of benzene rings is 2. The molecule has 0 saturated carbocycles. The van der Waals surface area contributed by atoms with E-state index in [0.29, 0.717) is 48.6 Å². The van der Waals surface area contributed by atoms with Crippen LogP contribution in [-0.2, 0) is 19.1 Å². The number of esters is 1. The number of aliphatic hydroxyl groups is 1. The summed E-state index contributed by atoms with van der Waals surface area (Å²) >= 11 is 0. The van der Waals surface area contributed by atoms with Crippen LogP contribution in [-0.4, -0.2) is 86.2 Å². The van der Waals surface area contributed by atoms with Crippen LogP contribution >= 0.6 is 0 Å². The van der Waals surface area contributed by atoms with Crippen LogP contribution in [0.4, 0.5) is 0 Å². The van der Waals surface area contributed by atoms with Crippen molar-refractivity contribution >= 4 is 23.4 Å². The number of likely N-dealkylation sites (tertiary alicyclic amines) is 1. The number of ketones is 1. The number of morpholine rings is 1. The first-order chi connectivity index (χ1) is 17.4. The summed E-state index contributed by atoms with van der Waals surface area (Å²) in [5.41, 5.74) is 1.38. The molecule has 1 unspecified atom stereocenters. The van der Waals surface area contributed by atoms with E-state index in [1.807, 2.05) is 0 Å². The summed E-state index contributed by atoms with van der Waals surface area (Å²) in [5.74, 6) is -1.54. The SMILES string of the molecule is COC(=O)c1ccc(C2/C(=C(\O)c3ccc(OC)cc3)C(=O)C(=O)N2CCCN2CCOCC2)cc1. The van der Waals surface area contributed by atoms with Gasteiger partial charge < -0.3 is 24.2 Å². The third kappa shape index (κ3) is 5.27. The lowest BCUT2D eigenvalue weighted by atomic mass is 9.94. The largest absolute Gasteiger partial charge is 0.507 e. The molecule has 36 heavy (non-hydrogen) atoms. The Kier molecular flexibility index (Phi) is 8.02. The molecule has 1 atom stereocenters. The number of nitrogens with zero attached hydrogens (tertiary/aromatic N) is 2. The average molecular weight is 495 g/mol. The highest BCUT2D eigenvalue weighted by atomic mass is 16.5. The summed E-state index contributed by atoms with van der Waals surface area (Å²) in [6.45, 7) is 4.12. The van der Waals surface area contributed by atoms with Gasteiger partial charge in [0, 0.05) is 31.7 Å². The first-order valence-corrected chi connectivity index (χ1v) is 11.9. The van der Waals surface area contributed by atoms with Crippen LogP contribution in [0.3, 0.4) is 0 Å². The third-order valence-electron chi connectivity index (χ3n) is 6.53. The first-order valence-electron chi connectivity index (χ1n) is 11.9. The van der Waals surface area contributed by atoms with Crippen LogP contribution in [0.15, 0.2) is 54.1 Å². The van der Waals surface area contributed by atoms with Gasteiger partial charge in [-0.15, -0.1) is 0 Å². The zero-order chi connectivity index (χ0) is 25.7. The molecule has 9 nitrogen and oxygen atoms in total. The van der Waals surface area contributed by atoms with Crippen molar-refractivity contribution in [2.45, 2.75) is 12.5 Å². The number of Topliss-reactive ketones (excluding diaryl/α,β-unsaturated/α-hetero) is 1. The summed E-state index contributed by atoms with van der Waals surface area (Å²) in [4.78, 5) is 42.0. The second-order valence-corrected chi connectivity index (χ2v) is 8.64. The zero-order valence-electron chi connectivity index (χ0n) is 20.4. The molecule has 2 aliphatic heterocycles. The van der Waals surface area contributed by atoms with Crippen molar-refractivity contribution < 1.29 is 33.7 Å². The van der Waals surface area contributed by atoms with Gasteiger partial charge in [0.05, 0.1) is 44.6 Å². The second-order valence-electron chi connectivity index (χ2n) is 8.64. The lowest BCUT2D eigenvalue weighted by molar-refractivity contribution is -0.140. The summed E-state index contributed by atoms with van der Waals surface area (Å²) < 4.78 is 15.3. The smallest absolute Gasteiger partial charge is 0.337 e. The summed E-state index contributed by atoms with van der Waals surface area (Å²) in [6.07, 6.45) is 0.659. The predicted molar refractivity (Wildman–Crippen MR) is 132 cm³/mol. The Bertz CT molecular complexity index is 1140. The van der Waals surface area contributed by atoms with E-state index in [2.05, 4.69) is 4.90 Å². The number of methoxy groups -OCH3 is 2. The predicted octanol–water partition coefficient (Wildman–Crippen LogP) is 2.63. The maximum absolute atomic E-state index is 13.2. The third-order valence-corrected chi connectivity index (χ3v) is 6.53. The van der Waals surface area contributed by atoms with Gasteiger partial charge in [0.2, 0.25) is 0 Å². The minimum atomic E-state index is -0.788. The Labute approximate surface area is 209 Å². The Morgan fingerprint density at radius 1 is 0.972 bits per heavy atom. The molecule has 0 aliphatic carbocycles. The quantitative estimate of drug-likeness (QED) is 0.258. The summed E-state index contributed by atoms with van der Waals surface area (Å²) in [5, 5.41) is 11.2. The maximum atomic E-state index is 13.2. The molecule has 2 fully saturated rings. The Hall–Kier alpha value is -3.69. The van der Waals surface area contributed by atoms with Crippen molar-refractivity contribution in [2.75, 3.05) is 53.6 Å². The van der Waals surface area contributed by atoms with Gasteiger partial charge >= 0.3 is 5.97 Å². The fraction of sp³-hybridized carbons (Fsp3) is 0.370. The molecule has 190 valence electrons. The minimum Gasteiger partial charge on any atom is -0.507 e. The highest BCUT2D eigenvalue weighted by Gasteiger charge is 2.45. The van der Waals surface area contributed by atoms with Crippen molar-refractivity contribution in [3.05, 3.63) is 70.8 Å². The molecule has 9 heteroatoms. The van der Waals surface area contributed by atoms with Crippen LogP contribution < -0.4 is 4.74 Å². The molecule has 0 spiro atoms. The van der Waals surface area contributed by atoms with Gasteiger partial charge in [-0.2, -0.15) is 0 Å². The van der Waals surface area contributed by atoms with Crippen LogP contribution in [0.1, 0.15) is 33.9 Å². The van der Waals surface area contributed by atoms with Gasteiger partial charge in [0.1, 0.15) is 11.5 Å². The molecule has 4 rings (SSSR count). The van der Waals surface area contributed by atoms with Crippen molar-refractivity contribution in [2.24, 2.45) is 0 Å². The van der Waals surface area contributed by atoms with Crippen molar-refractivity contribution in [1.82, 2.24) is 9.80 Å². The molecule has 2 saturated heterocycles.